The summed E-state index contributed by atoms with van der Waals surface area (Å²) in [6.45, 7) is 9.30. The molecule has 0 unspecified atom stereocenters. The molecule has 0 radical (unpaired) electrons. The lowest BCUT2D eigenvalue weighted by molar-refractivity contribution is 0.505. The lowest BCUT2D eigenvalue weighted by Crippen LogP contribution is -2.34. The first-order chi connectivity index (χ1) is 20.5. The Hall–Kier alpha value is -3.54. The van der Waals surface area contributed by atoms with Crippen molar-refractivity contribution < 1.29 is 0 Å². The summed E-state index contributed by atoms with van der Waals surface area (Å²) in [5.74, 6) is 0. The molecular formula is C40H40NP. The van der Waals surface area contributed by atoms with E-state index in [4.69, 9.17) is 0 Å². The number of fused-ring (bicyclic) bond motifs is 4. The van der Waals surface area contributed by atoms with Crippen molar-refractivity contribution in [3.63, 3.8) is 0 Å². The van der Waals surface area contributed by atoms with Crippen LogP contribution in [0.4, 0.5) is 0 Å². The van der Waals surface area contributed by atoms with Crippen molar-refractivity contribution in [3.05, 3.63) is 153 Å². The van der Waals surface area contributed by atoms with Gasteiger partial charge in [-0.1, -0.05) is 78.9 Å². The molecule has 42 heavy (non-hydrogen) atoms. The maximum Gasteiger partial charge on any atom is 0.0406 e. The Morgan fingerprint density at radius 2 is 1.17 bits per heavy atom. The number of nitrogens with zero attached hydrogens (tertiary/aromatic N) is 1. The summed E-state index contributed by atoms with van der Waals surface area (Å²) in [5.41, 5.74) is 14.9. The van der Waals surface area contributed by atoms with Crippen molar-refractivity contribution >= 4 is 23.8 Å². The van der Waals surface area contributed by atoms with E-state index in [1.165, 1.54) is 59.2 Å². The third kappa shape index (κ3) is 4.45. The summed E-state index contributed by atoms with van der Waals surface area (Å²) in [4.78, 5) is 4.65. The highest BCUT2D eigenvalue weighted by atomic mass is 31.1. The average molecular weight is 566 g/mol. The Labute approximate surface area is 252 Å². The van der Waals surface area contributed by atoms with Crippen molar-refractivity contribution in [2.24, 2.45) is 0 Å². The number of pyridine rings is 1. The van der Waals surface area contributed by atoms with Crippen molar-refractivity contribution in [1.82, 2.24) is 4.98 Å². The lowest BCUT2D eigenvalue weighted by atomic mass is 9.74. The molecular weight excluding hydrogens is 525 g/mol. The van der Waals surface area contributed by atoms with E-state index in [0.717, 1.165) is 12.8 Å². The molecule has 2 aliphatic carbocycles. The fourth-order valence-corrected chi connectivity index (χ4v) is 11.4. The maximum absolute atomic E-state index is 4.65. The zero-order chi connectivity index (χ0) is 28.8. The Bertz CT molecular complexity index is 1690. The largest absolute Gasteiger partial charge is 0.261 e. The first kappa shape index (κ1) is 27.3. The van der Waals surface area contributed by atoms with Gasteiger partial charge in [-0.05, 0) is 152 Å². The molecule has 4 aromatic carbocycles. The quantitative estimate of drug-likeness (QED) is 0.190. The maximum atomic E-state index is 4.65. The molecule has 1 nitrogen and oxygen atoms in total. The molecule has 1 heterocycles. The average Bonchev–Trinajstić information content (AvgIpc) is 3.57. The molecule has 1 spiro atoms. The second-order valence-electron chi connectivity index (χ2n) is 12.5. The third-order valence-corrected chi connectivity index (χ3v) is 13.1. The van der Waals surface area contributed by atoms with Gasteiger partial charge in [0.05, 0.1) is 0 Å². The highest BCUT2D eigenvalue weighted by Crippen LogP contribution is 2.55. The van der Waals surface area contributed by atoms with Crippen molar-refractivity contribution in [2.45, 2.75) is 71.6 Å². The Kier molecular flexibility index (Phi) is 7.11. The SMILES string of the molecule is Cc1cccc(C)c1P(c1cccc2c1[C@]1(CCc3cccc(CCc4ccccn4)c31)CC2)c1c(C)cccc1C. The molecule has 5 aromatic rings. The van der Waals surface area contributed by atoms with Crippen LogP contribution in [0.25, 0.3) is 0 Å². The van der Waals surface area contributed by atoms with Gasteiger partial charge in [0.1, 0.15) is 0 Å². The lowest BCUT2D eigenvalue weighted by Gasteiger charge is -2.35. The van der Waals surface area contributed by atoms with Gasteiger partial charge in [-0.2, -0.15) is 0 Å². The van der Waals surface area contributed by atoms with Gasteiger partial charge in [-0.15, -0.1) is 0 Å². The zero-order valence-electron chi connectivity index (χ0n) is 25.4. The minimum Gasteiger partial charge on any atom is -0.261 e. The molecule has 0 amide bonds. The van der Waals surface area contributed by atoms with E-state index < -0.39 is 7.92 Å². The summed E-state index contributed by atoms with van der Waals surface area (Å²) in [6, 6.07) is 34.5. The molecule has 0 bridgehead atoms. The molecule has 1 atom stereocenters. The Morgan fingerprint density at radius 3 is 1.76 bits per heavy atom. The van der Waals surface area contributed by atoms with Crippen LogP contribution in [-0.4, -0.2) is 4.98 Å². The minimum absolute atomic E-state index is 0.0930. The van der Waals surface area contributed by atoms with Crippen LogP contribution >= 0.6 is 7.92 Å². The fraction of sp³-hybridized carbons (Fsp3) is 0.275. The molecule has 0 N–H and O–H groups in total. The van der Waals surface area contributed by atoms with E-state index in [-0.39, 0.29) is 5.41 Å². The van der Waals surface area contributed by atoms with E-state index >= 15 is 0 Å². The van der Waals surface area contributed by atoms with Crippen LogP contribution in [0.3, 0.4) is 0 Å². The number of hydrogen-bond donors (Lipinski definition) is 0. The van der Waals surface area contributed by atoms with Gasteiger partial charge in [-0.3, -0.25) is 4.98 Å². The normalized spacial score (nSPS) is 17.2. The molecule has 1 aromatic heterocycles. The number of rotatable bonds is 6. The van der Waals surface area contributed by atoms with E-state index in [2.05, 4.69) is 118 Å². The molecule has 0 aliphatic heterocycles. The van der Waals surface area contributed by atoms with Crippen LogP contribution in [0.5, 0.6) is 0 Å². The standard InChI is InChI=1S/C40H40NP/c1-27-11-7-12-28(2)38(27)42(39-29(3)13-8-14-30(39)4)35-19-10-17-33-23-25-40(37(33)35)24-22-32-16-9-15-31(36(32)40)20-21-34-18-5-6-26-41-34/h5-19,26H,20-25H2,1-4H3/t40-/m1/s1. The monoisotopic (exact) mass is 565 g/mol. The topological polar surface area (TPSA) is 12.9 Å². The highest BCUT2D eigenvalue weighted by Gasteiger charge is 2.48. The van der Waals surface area contributed by atoms with Gasteiger partial charge < -0.3 is 0 Å². The van der Waals surface area contributed by atoms with E-state index in [1.54, 1.807) is 38.2 Å². The molecule has 210 valence electrons. The van der Waals surface area contributed by atoms with E-state index in [0.29, 0.717) is 0 Å². The molecule has 0 saturated heterocycles. The Morgan fingerprint density at radius 1 is 0.595 bits per heavy atom. The van der Waals surface area contributed by atoms with Crippen LogP contribution in [0, 0.1) is 27.7 Å². The number of aryl methyl sites for hydroxylation is 8. The zero-order valence-corrected chi connectivity index (χ0v) is 26.3. The molecule has 2 heteroatoms. The van der Waals surface area contributed by atoms with Crippen LogP contribution < -0.4 is 15.9 Å². The predicted octanol–water partition coefficient (Wildman–Crippen LogP) is 8.04. The van der Waals surface area contributed by atoms with Gasteiger partial charge in [0.15, 0.2) is 0 Å². The van der Waals surface area contributed by atoms with E-state index in [1.807, 2.05) is 12.3 Å². The van der Waals surface area contributed by atoms with Crippen molar-refractivity contribution in [3.8, 4) is 0 Å². The van der Waals surface area contributed by atoms with Crippen LogP contribution in [0.1, 0.15) is 68.6 Å². The van der Waals surface area contributed by atoms with Gasteiger partial charge in [0, 0.05) is 17.3 Å². The van der Waals surface area contributed by atoms with Crippen molar-refractivity contribution in [1.29, 1.82) is 0 Å². The highest BCUT2D eigenvalue weighted by molar-refractivity contribution is 7.80. The van der Waals surface area contributed by atoms with Gasteiger partial charge in [0.25, 0.3) is 0 Å². The first-order valence-electron chi connectivity index (χ1n) is 15.5. The van der Waals surface area contributed by atoms with Crippen LogP contribution in [0.15, 0.2) is 97.2 Å². The minimum atomic E-state index is -0.727. The summed E-state index contributed by atoms with van der Waals surface area (Å²) >= 11 is 0. The molecule has 7 rings (SSSR count). The van der Waals surface area contributed by atoms with Crippen LogP contribution in [-0.2, 0) is 31.1 Å². The number of hydrogen-bond acceptors (Lipinski definition) is 1. The van der Waals surface area contributed by atoms with Gasteiger partial charge in [0.2, 0.25) is 0 Å². The van der Waals surface area contributed by atoms with Gasteiger partial charge >= 0.3 is 0 Å². The second-order valence-corrected chi connectivity index (χ2v) is 14.5. The van der Waals surface area contributed by atoms with E-state index in [9.17, 15) is 0 Å². The van der Waals surface area contributed by atoms with Gasteiger partial charge in [-0.25, -0.2) is 0 Å². The summed E-state index contributed by atoms with van der Waals surface area (Å²) in [7, 11) is -0.727. The van der Waals surface area contributed by atoms with Crippen molar-refractivity contribution in [2.75, 3.05) is 0 Å². The number of aromatic nitrogens is 1. The molecule has 2 aliphatic rings. The fourth-order valence-electron chi connectivity index (χ4n) is 8.14. The first-order valence-corrected chi connectivity index (χ1v) is 16.9. The third-order valence-electron chi connectivity index (χ3n) is 9.91. The van der Waals surface area contributed by atoms with Crippen LogP contribution in [0.2, 0.25) is 0 Å². The summed E-state index contributed by atoms with van der Waals surface area (Å²) < 4.78 is 0. The summed E-state index contributed by atoms with van der Waals surface area (Å²) in [6.07, 6.45) is 8.73. The number of benzene rings is 4. The Balaban J connectivity index is 1.45. The smallest absolute Gasteiger partial charge is 0.0406 e. The second kappa shape index (κ2) is 10.9. The predicted molar refractivity (Wildman–Crippen MR) is 180 cm³/mol. The molecule has 0 saturated carbocycles. The molecule has 0 fully saturated rings. The summed E-state index contributed by atoms with van der Waals surface area (Å²) in [5, 5.41) is 4.67.